The third-order valence-electron chi connectivity index (χ3n) is 2.54. The van der Waals surface area contributed by atoms with Crippen LogP contribution in [0.3, 0.4) is 0 Å². The molecule has 0 radical (unpaired) electrons. The Balaban J connectivity index is 2.18. The maximum absolute atomic E-state index is 12.0. The van der Waals surface area contributed by atoms with Crippen LogP contribution in [-0.4, -0.2) is 5.91 Å². The first-order valence-electron chi connectivity index (χ1n) is 5.39. The van der Waals surface area contributed by atoms with E-state index in [1.54, 1.807) is 24.3 Å². The number of rotatable bonds is 2. The highest BCUT2D eigenvalue weighted by atomic mass is 79.9. The SMILES string of the molecule is Cc1cc(Cl)ccc1NC(=O)c1ccc(Br)cc1. The van der Waals surface area contributed by atoms with Gasteiger partial charge in [0.1, 0.15) is 0 Å². The van der Waals surface area contributed by atoms with Crippen molar-refractivity contribution in [3.63, 3.8) is 0 Å². The lowest BCUT2D eigenvalue weighted by Gasteiger charge is -2.08. The molecule has 0 aliphatic heterocycles. The van der Waals surface area contributed by atoms with Crippen molar-refractivity contribution in [2.45, 2.75) is 6.92 Å². The molecule has 0 aliphatic rings. The molecule has 0 bridgehead atoms. The van der Waals surface area contributed by atoms with E-state index in [9.17, 15) is 4.79 Å². The summed E-state index contributed by atoms with van der Waals surface area (Å²) in [6.45, 7) is 1.91. The van der Waals surface area contributed by atoms with Crippen LogP contribution in [0.1, 0.15) is 15.9 Å². The molecule has 2 aromatic carbocycles. The molecule has 1 amide bonds. The van der Waals surface area contributed by atoms with Gasteiger partial charge in [0.2, 0.25) is 0 Å². The predicted octanol–water partition coefficient (Wildman–Crippen LogP) is 4.66. The molecule has 0 saturated heterocycles. The Morgan fingerprint density at radius 1 is 1.17 bits per heavy atom. The molecule has 92 valence electrons. The molecule has 0 aliphatic carbocycles. The van der Waals surface area contributed by atoms with E-state index in [0.29, 0.717) is 10.6 Å². The highest BCUT2D eigenvalue weighted by molar-refractivity contribution is 9.10. The molecule has 0 saturated carbocycles. The summed E-state index contributed by atoms with van der Waals surface area (Å²) in [4.78, 5) is 12.0. The number of amides is 1. The Hall–Kier alpha value is -1.32. The van der Waals surface area contributed by atoms with Crippen LogP contribution in [0.4, 0.5) is 5.69 Å². The smallest absolute Gasteiger partial charge is 0.255 e. The predicted molar refractivity (Wildman–Crippen MR) is 78.3 cm³/mol. The highest BCUT2D eigenvalue weighted by Gasteiger charge is 2.07. The first-order chi connectivity index (χ1) is 8.56. The summed E-state index contributed by atoms with van der Waals surface area (Å²) in [5.74, 6) is -0.132. The van der Waals surface area contributed by atoms with Crippen molar-refractivity contribution in [2.75, 3.05) is 5.32 Å². The summed E-state index contributed by atoms with van der Waals surface area (Å²) in [7, 11) is 0. The second kappa shape index (κ2) is 5.55. The van der Waals surface area contributed by atoms with Gasteiger partial charge in [-0.3, -0.25) is 4.79 Å². The molecule has 2 nitrogen and oxygen atoms in total. The average molecular weight is 325 g/mol. The van der Waals surface area contributed by atoms with Crippen LogP contribution in [-0.2, 0) is 0 Å². The molecule has 0 unspecified atom stereocenters. The van der Waals surface area contributed by atoms with Gasteiger partial charge in [-0.1, -0.05) is 27.5 Å². The van der Waals surface area contributed by atoms with Gasteiger partial charge < -0.3 is 5.32 Å². The van der Waals surface area contributed by atoms with Crippen molar-refractivity contribution in [1.82, 2.24) is 0 Å². The molecule has 0 heterocycles. The topological polar surface area (TPSA) is 29.1 Å². The number of carbonyl (C=O) groups excluding carboxylic acids is 1. The maximum atomic E-state index is 12.0. The van der Waals surface area contributed by atoms with E-state index < -0.39 is 0 Å². The van der Waals surface area contributed by atoms with E-state index >= 15 is 0 Å². The minimum atomic E-state index is -0.132. The Labute approximate surface area is 119 Å². The van der Waals surface area contributed by atoms with Gasteiger partial charge in [0.05, 0.1) is 0 Å². The largest absolute Gasteiger partial charge is 0.322 e. The standard InChI is InChI=1S/C14H11BrClNO/c1-9-8-12(16)6-7-13(9)17-14(18)10-2-4-11(15)5-3-10/h2-8H,1H3,(H,17,18). The zero-order valence-corrected chi connectivity index (χ0v) is 12.0. The van der Waals surface area contributed by atoms with Crippen molar-refractivity contribution >= 4 is 39.1 Å². The van der Waals surface area contributed by atoms with Gasteiger partial charge in [-0.25, -0.2) is 0 Å². The van der Waals surface area contributed by atoms with E-state index in [-0.39, 0.29) is 5.91 Å². The first-order valence-corrected chi connectivity index (χ1v) is 6.56. The van der Waals surface area contributed by atoms with Crippen LogP contribution < -0.4 is 5.32 Å². The quantitative estimate of drug-likeness (QED) is 0.855. The summed E-state index contributed by atoms with van der Waals surface area (Å²) in [6.07, 6.45) is 0. The fraction of sp³-hybridized carbons (Fsp3) is 0.0714. The van der Waals surface area contributed by atoms with Gasteiger partial charge in [0.15, 0.2) is 0 Å². The van der Waals surface area contributed by atoms with Crippen LogP contribution in [0.15, 0.2) is 46.9 Å². The third-order valence-corrected chi connectivity index (χ3v) is 3.31. The minimum absolute atomic E-state index is 0.132. The molecule has 0 atom stereocenters. The monoisotopic (exact) mass is 323 g/mol. The van der Waals surface area contributed by atoms with Crippen molar-refractivity contribution < 1.29 is 4.79 Å². The maximum Gasteiger partial charge on any atom is 0.255 e. The fourth-order valence-electron chi connectivity index (χ4n) is 1.56. The zero-order chi connectivity index (χ0) is 13.1. The summed E-state index contributed by atoms with van der Waals surface area (Å²) < 4.78 is 0.946. The lowest BCUT2D eigenvalue weighted by molar-refractivity contribution is 0.102. The molecular formula is C14H11BrClNO. The number of halogens is 2. The fourth-order valence-corrected chi connectivity index (χ4v) is 2.05. The Morgan fingerprint density at radius 3 is 2.44 bits per heavy atom. The zero-order valence-electron chi connectivity index (χ0n) is 9.71. The van der Waals surface area contributed by atoms with Crippen molar-refractivity contribution in [3.8, 4) is 0 Å². The number of aryl methyl sites for hydroxylation is 1. The lowest BCUT2D eigenvalue weighted by atomic mass is 10.1. The average Bonchev–Trinajstić information content (AvgIpc) is 2.33. The van der Waals surface area contributed by atoms with Gasteiger partial charge in [0, 0.05) is 20.7 Å². The molecule has 0 spiro atoms. The van der Waals surface area contributed by atoms with Crippen LogP contribution in [0.25, 0.3) is 0 Å². The number of hydrogen-bond donors (Lipinski definition) is 1. The summed E-state index contributed by atoms with van der Waals surface area (Å²) in [5.41, 5.74) is 2.33. The van der Waals surface area contributed by atoms with E-state index in [0.717, 1.165) is 15.7 Å². The second-order valence-corrected chi connectivity index (χ2v) is 5.27. The number of hydrogen-bond acceptors (Lipinski definition) is 1. The van der Waals surface area contributed by atoms with Gasteiger partial charge in [0.25, 0.3) is 5.91 Å². The lowest BCUT2D eigenvalue weighted by Crippen LogP contribution is -2.12. The normalized spacial score (nSPS) is 10.2. The molecular weight excluding hydrogens is 314 g/mol. The number of carbonyl (C=O) groups is 1. The summed E-state index contributed by atoms with van der Waals surface area (Å²) in [5, 5.41) is 3.52. The third kappa shape index (κ3) is 3.12. The second-order valence-electron chi connectivity index (χ2n) is 3.92. The van der Waals surface area contributed by atoms with Gasteiger partial charge in [-0.15, -0.1) is 0 Å². The van der Waals surface area contributed by atoms with Crippen LogP contribution in [0.2, 0.25) is 5.02 Å². The summed E-state index contributed by atoms with van der Waals surface area (Å²) in [6, 6.07) is 12.6. The van der Waals surface area contributed by atoms with Crippen LogP contribution in [0, 0.1) is 6.92 Å². The molecule has 18 heavy (non-hydrogen) atoms. The Kier molecular flexibility index (Phi) is 4.04. The van der Waals surface area contributed by atoms with Crippen molar-refractivity contribution in [3.05, 3.63) is 63.1 Å². The molecule has 2 rings (SSSR count). The molecule has 0 fully saturated rings. The highest BCUT2D eigenvalue weighted by Crippen LogP contribution is 2.20. The van der Waals surface area contributed by atoms with E-state index in [2.05, 4.69) is 21.2 Å². The Bertz CT molecular complexity index is 581. The molecule has 1 N–H and O–H groups in total. The number of anilines is 1. The minimum Gasteiger partial charge on any atom is -0.322 e. The van der Waals surface area contributed by atoms with E-state index in [1.807, 2.05) is 25.1 Å². The molecule has 2 aromatic rings. The van der Waals surface area contributed by atoms with Gasteiger partial charge >= 0.3 is 0 Å². The Morgan fingerprint density at radius 2 is 1.83 bits per heavy atom. The first kappa shape index (κ1) is 13.1. The van der Waals surface area contributed by atoms with Crippen LogP contribution in [0.5, 0.6) is 0 Å². The van der Waals surface area contributed by atoms with E-state index in [4.69, 9.17) is 11.6 Å². The van der Waals surface area contributed by atoms with Crippen molar-refractivity contribution in [1.29, 1.82) is 0 Å². The van der Waals surface area contributed by atoms with Crippen molar-refractivity contribution in [2.24, 2.45) is 0 Å². The van der Waals surface area contributed by atoms with Gasteiger partial charge in [-0.05, 0) is 55.0 Å². The van der Waals surface area contributed by atoms with E-state index in [1.165, 1.54) is 0 Å². The number of nitrogens with one attached hydrogen (secondary N) is 1. The number of benzene rings is 2. The summed E-state index contributed by atoms with van der Waals surface area (Å²) >= 11 is 9.20. The molecule has 0 aromatic heterocycles. The molecule has 4 heteroatoms. The van der Waals surface area contributed by atoms with Crippen LogP contribution >= 0.6 is 27.5 Å². The van der Waals surface area contributed by atoms with Gasteiger partial charge in [-0.2, -0.15) is 0 Å².